The summed E-state index contributed by atoms with van der Waals surface area (Å²) in [6, 6.07) is 65.8. The first-order valence-corrected chi connectivity index (χ1v) is 17.3. The van der Waals surface area contributed by atoms with Gasteiger partial charge in [-0.05, 0) is 87.7 Å². The highest BCUT2D eigenvalue weighted by atomic mass is 16.3. The second-order valence-electron chi connectivity index (χ2n) is 13.4. The van der Waals surface area contributed by atoms with Crippen molar-refractivity contribution in [1.29, 1.82) is 0 Å². The third kappa shape index (κ3) is 4.22. The fraction of sp³-hybridized carbons (Fsp3) is 0.0417. The van der Waals surface area contributed by atoms with Gasteiger partial charge in [-0.1, -0.05) is 146 Å². The smallest absolute Gasteiger partial charge is 0.135 e. The third-order valence-electron chi connectivity index (χ3n) is 10.7. The average molecular weight is 640 g/mol. The number of hydrogen-bond acceptors (Lipinski definition) is 2. The Hall–Kier alpha value is -6.38. The molecule has 8 aromatic carbocycles. The van der Waals surface area contributed by atoms with Crippen LogP contribution in [0.25, 0.3) is 55.0 Å². The Morgan fingerprint density at radius 1 is 0.420 bits per heavy atom. The van der Waals surface area contributed by atoms with E-state index in [9.17, 15) is 0 Å². The minimum atomic E-state index is -0.456. The summed E-state index contributed by atoms with van der Waals surface area (Å²) in [5.74, 6) is 0. The van der Waals surface area contributed by atoms with Crippen LogP contribution in [0.5, 0.6) is 0 Å². The van der Waals surface area contributed by atoms with Crippen molar-refractivity contribution in [2.24, 2.45) is 0 Å². The molecule has 2 heteroatoms. The van der Waals surface area contributed by atoms with E-state index in [-0.39, 0.29) is 0 Å². The standard InChI is InChI=1S/C48H33NO/c1-48(41-22-10-7-19-37(41)38-20-8-11-23-42(38)48)43-31-47-40(39-21-9-12-25-46(39)50-47)30-45(43)49(44-24-13-17-34-16-5-6-18-36(34)44)35-28-26-33(27-29-35)32-14-3-2-4-15-32/h2-31H,1H3. The first-order valence-electron chi connectivity index (χ1n) is 17.3. The number of hydrogen-bond donors (Lipinski definition) is 0. The number of fused-ring (bicyclic) bond motifs is 7. The largest absolute Gasteiger partial charge is 0.456 e. The Balaban J connectivity index is 1.32. The van der Waals surface area contributed by atoms with Crippen LogP contribution in [0, 0.1) is 0 Å². The van der Waals surface area contributed by atoms with Crippen molar-refractivity contribution in [2.75, 3.05) is 4.90 Å². The molecule has 1 aliphatic carbocycles. The predicted octanol–water partition coefficient (Wildman–Crippen LogP) is 13.2. The maximum absolute atomic E-state index is 6.64. The first-order chi connectivity index (χ1) is 24.7. The van der Waals surface area contributed by atoms with Gasteiger partial charge in [0.05, 0.1) is 11.4 Å². The van der Waals surface area contributed by atoms with Gasteiger partial charge in [0.1, 0.15) is 11.2 Å². The summed E-state index contributed by atoms with van der Waals surface area (Å²) in [4.78, 5) is 2.47. The molecule has 0 saturated heterocycles. The molecule has 1 heterocycles. The molecule has 0 amide bonds. The zero-order valence-corrected chi connectivity index (χ0v) is 27.7. The molecular formula is C48H33NO. The van der Waals surface area contributed by atoms with Crippen molar-refractivity contribution in [3.8, 4) is 22.3 Å². The fourth-order valence-electron chi connectivity index (χ4n) is 8.33. The molecule has 0 unspecified atom stereocenters. The lowest BCUT2D eigenvalue weighted by Gasteiger charge is -2.35. The Morgan fingerprint density at radius 3 is 1.78 bits per heavy atom. The van der Waals surface area contributed by atoms with Crippen molar-refractivity contribution in [2.45, 2.75) is 12.3 Å². The quantitative estimate of drug-likeness (QED) is 0.186. The van der Waals surface area contributed by atoms with Crippen LogP contribution in [0.2, 0.25) is 0 Å². The summed E-state index contributed by atoms with van der Waals surface area (Å²) in [6.45, 7) is 2.39. The number of nitrogens with zero attached hydrogens (tertiary/aromatic N) is 1. The van der Waals surface area contributed by atoms with Gasteiger partial charge in [-0.25, -0.2) is 0 Å². The van der Waals surface area contributed by atoms with E-state index < -0.39 is 5.41 Å². The number of benzene rings is 8. The first kappa shape index (κ1) is 28.6. The van der Waals surface area contributed by atoms with E-state index in [1.807, 2.05) is 6.07 Å². The Kier molecular flexibility index (Phi) is 6.34. The lowest BCUT2D eigenvalue weighted by atomic mass is 9.73. The van der Waals surface area contributed by atoms with E-state index in [1.54, 1.807) is 0 Å². The second kappa shape index (κ2) is 11.1. The molecular weight excluding hydrogens is 607 g/mol. The molecule has 10 rings (SSSR count). The van der Waals surface area contributed by atoms with Crippen LogP contribution in [-0.2, 0) is 5.41 Å². The van der Waals surface area contributed by atoms with Crippen LogP contribution in [0.4, 0.5) is 17.1 Å². The van der Waals surface area contributed by atoms with Crippen molar-refractivity contribution in [3.63, 3.8) is 0 Å². The number of furan rings is 1. The van der Waals surface area contributed by atoms with Crippen LogP contribution in [-0.4, -0.2) is 0 Å². The maximum atomic E-state index is 6.64. The topological polar surface area (TPSA) is 16.4 Å². The molecule has 0 saturated carbocycles. The van der Waals surface area contributed by atoms with Gasteiger partial charge in [0.2, 0.25) is 0 Å². The van der Waals surface area contributed by atoms with Gasteiger partial charge in [-0.3, -0.25) is 0 Å². The Labute approximate surface area is 291 Å². The van der Waals surface area contributed by atoms with Crippen LogP contribution in [0.15, 0.2) is 186 Å². The molecule has 2 nitrogen and oxygen atoms in total. The van der Waals surface area contributed by atoms with E-state index >= 15 is 0 Å². The second-order valence-corrected chi connectivity index (χ2v) is 13.4. The van der Waals surface area contributed by atoms with E-state index in [1.165, 1.54) is 49.7 Å². The summed E-state index contributed by atoms with van der Waals surface area (Å²) in [6.07, 6.45) is 0. The normalized spacial score (nSPS) is 13.1. The minimum Gasteiger partial charge on any atom is -0.456 e. The summed E-state index contributed by atoms with van der Waals surface area (Å²) >= 11 is 0. The maximum Gasteiger partial charge on any atom is 0.135 e. The molecule has 50 heavy (non-hydrogen) atoms. The van der Waals surface area contributed by atoms with Gasteiger partial charge in [-0.15, -0.1) is 0 Å². The van der Waals surface area contributed by atoms with Gasteiger partial charge in [0.15, 0.2) is 0 Å². The van der Waals surface area contributed by atoms with Crippen LogP contribution < -0.4 is 4.90 Å². The molecule has 0 atom stereocenters. The average Bonchev–Trinajstić information content (AvgIpc) is 3.68. The fourth-order valence-corrected chi connectivity index (χ4v) is 8.33. The molecule has 1 aliphatic rings. The van der Waals surface area contributed by atoms with E-state index in [0.29, 0.717) is 0 Å². The van der Waals surface area contributed by atoms with Crippen molar-refractivity contribution in [3.05, 3.63) is 199 Å². The highest BCUT2D eigenvalue weighted by molar-refractivity contribution is 6.09. The van der Waals surface area contributed by atoms with Gasteiger partial charge in [0, 0.05) is 27.3 Å². The van der Waals surface area contributed by atoms with Gasteiger partial charge in [-0.2, -0.15) is 0 Å². The van der Waals surface area contributed by atoms with Crippen LogP contribution in [0.3, 0.4) is 0 Å². The molecule has 0 radical (unpaired) electrons. The monoisotopic (exact) mass is 639 g/mol. The van der Waals surface area contributed by atoms with Gasteiger partial charge >= 0.3 is 0 Å². The van der Waals surface area contributed by atoms with Crippen LogP contribution in [0.1, 0.15) is 23.6 Å². The SMILES string of the molecule is CC1(c2cc3oc4ccccc4c3cc2N(c2ccc(-c3ccccc3)cc2)c2cccc3ccccc23)c2ccccc2-c2ccccc21. The number of rotatable bonds is 5. The molecule has 0 aliphatic heterocycles. The molecule has 0 N–H and O–H groups in total. The molecule has 0 bridgehead atoms. The lowest BCUT2D eigenvalue weighted by Crippen LogP contribution is -2.26. The van der Waals surface area contributed by atoms with Gasteiger partial charge in [0.25, 0.3) is 0 Å². The summed E-state index contributed by atoms with van der Waals surface area (Å²) < 4.78 is 6.64. The number of anilines is 3. The molecule has 0 spiro atoms. The molecule has 236 valence electrons. The zero-order chi connectivity index (χ0) is 33.2. The number of para-hydroxylation sites is 1. The van der Waals surface area contributed by atoms with E-state index in [4.69, 9.17) is 4.42 Å². The van der Waals surface area contributed by atoms with Crippen molar-refractivity contribution < 1.29 is 4.42 Å². The van der Waals surface area contributed by atoms with Crippen molar-refractivity contribution >= 4 is 49.8 Å². The summed E-state index contributed by atoms with van der Waals surface area (Å²) in [5.41, 5.74) is 13.4. The lowest BCUT2D eigenvalue weighted by molar-refractivity contribution is 0.662. The Morgan fingerprint density at radius 2 is 1.02 bits per heavy atom. The Bertz CT molecular complexity index is 2670. The van der Waals surface area contributed by atoms with E-state index in [0.717, 1.165) is 39.0 Å². The zero-order valence-electron chi connectivity index (χ0n) is 27.7. The third-order valence-corrected chi connectivity index (χ3v) is 10.7. The highest BCUT2D eigenvalue weighted by Gasteiger charge is 2.43. The van der Waals surface area contributed by atoms with Crippen LogP contribution >= 0.6 is 0 Å². The molecule has 9 aromatic rings. The molecule has 1 aromatic heterocycles. The summed E-state index contributed by atoms with van der Waals surface area (Å²) in [5, 5.41) is 4.62. The highest BCUT2D eigenvalue weighted by Crippen LogP contribution is 2.56. The molecule has 0 fully saturated rings. The van der Waals surface area contributed by atoms with E-state index in [2.05, 4.69) is 188 Å². The van der Waals surface area contributed by atoms with Crippen molar-refractivity contribution in [1.82, 2.24) is 0 Å². The van der Waals surface area contributed by atoms with Gasteiger partial charge < -0.3 is 9.32 Å². The predicted molar refractivity (Wildman–Crippen MR) is 209 cm³/mol. The minimum absolute atomic E-state index is 0.456. The summed E-state index contributed by atoms with van der Waals surface area (Å²) in [7, 11) is 0.